The number of hydrogen-bond donors (Lipinski definition) is 0. The lowest BCUT2D eigenvalue weighted by molar-refractivity contribution is 0.388. The molecule has 16 heavy (non-hydrogen) atoms. The van der Waals surface area contributed by atoms with Crippen LogP contribution in [0.5, 0.6) is 0 Å². The minimum absolute atomic E-state index is 0.494. The van der Waals surface area contributed by atoms with Gasteiger partial charge in [-0.2, -0.15) is 0 Å². The zero-order valence-electron chi connectivity index (χ0n) is 10.6. The summed E-state index contributed by atoms with van der Waals surface area (Å²) in [4.78, 5) is 0.494. The van der Waals surface area contributed by atoms with Crippen molar-refractivity contribution in [1.29, 1.82) is 0 Å². The van der Waals surface area contributed by atoms with Gasteiger partial charge in [-0.15, -0.1) is 0 Å². The summed E-state index contributed by atoms with van der Waals surface area (Å²) in [5.74, 6) is 1.53. The second kappa shape index (κ2) is 7.11. The van der Waals surface area contributed by atoms with Crippen LogP contribution in [0.25, 0.3) is 0 Å². The van der Waals surface area contributed by atoms with Crippen molar-refractivity contribution in [3.63, 3.8) is 0 Å². The van der Waals surface area contributed by atoms with Crippen molar-refractivity contribution in [2.75, 3.05) is 0 Å². The maximum atomic E-state index is 3.83. The van der Waals surface area contributed by atoms with Crippen LogP contribution in [-0.4, -0.2) is 0 Å². The standard InChI is InChI=1S/C15H23Br/c1-4-8-12(2)11-13(3)15(16)14-9-6-5-7-10-14/h5-7,9-10,12-13,15H,4,8,11H2,1-3H3. The number of hydrogen-bond acceptors (Lipinski definition) is 0. The van der Waals surface area contributed by atoms with Gasteiger partial charge < -0.3 is 0 Å². The van der Waals surface area contributed by atoms with Gasteiger partial charge in [0.05, 0.1) is 0 Å². The minimum atomic E-state index is 0.494. The lowest BCUT2D eigenvalue weighted by Gasteiger charge is -2.22. The van der Waals surface area contributed by atoms with Crippen LogP contribution < -0.4 is 0 Å². The van der Waals surface area contributed by atoms with Gasteiger partial charge in [-0.05, 0) is 23.8 Å². The Labute approximate surface area is 109 Å². The van der Waals surface area contributed by atoms with Gasteiger partial charge in [-0.1, -0.05) is 79.9 Å². The number of alkyl halides is 1. The maximum Gasteiger partial charge on any atom is 0.0420 e. The quantitative estimate of drug-likeness (QED) is 0.597. The summed E-state index contributed by atoms with van der Waals surface area (Å²) in [5, 5.41) is 0. The Kier molecular flexibility index (Phi) is 6.12. The molecular weight excluding hydrogens is 260 g/mol. The van der Waals surface area contributed by atoms with E-state index in [2.05, 4.69) is 67.0 Å². The molecule has 0 aliphatic heterocycles. The zero-order chi connectivity index (χ0) is 12.0. The molecule has 3 atom stereocenters. The van der Waals surface area contributed by atoms with Gasteiger partial charge in [0, 0.05) is 4.83 Å². The highest BCUT2D eigenvalue weighted by Gasteiger charge is 2.17. The molecule has 1 heteroatoms. The van der Waals surface area contributed by atoms with Gasteiger partial charge >= 0.3 is 0 Å². The van der Waals surface area contributed by atoms with Crippen molar-refractivity contribution in [2.45, 2.75) is 44.9 Å². The van der Waals surface area contributed by atoms with E-state index in [4.69, 9.17) is 0 Å². The third-order valence-corrected chi connectivity index (χ3v) is 4.60. The molecule has 0 aromatic heterocycles. The number of halogens is 1. The lowest BCUT2D eigenvalue weighted by atomic mass is 9.89. The Balaban J connectivity index is 2.51. The van der Waals surface area contributed by atoms with E-state index in [1.807, 2.05) is 0 Å². The first kappa shape index (κ1) is 13.8. The fourth-order valence-corrected chi connectivity index (χ4v) is 2.85. The first-order valence-corrected chi connectivity index (χ1v) is 7.25. The number of benzene rings is 1. The predicted octanol–water partition coefficient (Wildman–Crippen LogP) is 5.59. The molecule has 90 valence electrons. The normalized spacial score (nSPS) is 16.8. The Morgan fingerprint density at radius 3 is 2.31 bits per heavy atom. The molecular formula is C15H23Br. The largest absolute Gasteiger partial charge is 0.0836 e. The van der Waals surface area contributed by atoms with Gasteiger partial charge in [0.15, 0.2) is 0 Å². The van der Waals surface area contributed by atoms with E-state index in [9.17, 15) is 0 Å². The van der Waals surface area contributed by atoms with Crippen molar-refractivity contribution in [2.24, 2.45) is 11.8 Å². The van der Waals surface area contributed by atoms with Crippen LogP contribution in [0.1, 0.15) is 50.4 Å². The van der Waals surface area contributed by atoms with Crippen LogP contribution in [0.3, 0.4) is 0 Å². The second-order valence-electron chi connectivity index (χ2n) is 4.92. The van der Waals surface area contributed by atoms with Crippen LogP contribution >= 0.6 is 15.9 Å². The van der Waals surface area contributed by atoms with E-state index >= 15 is 0 Å². The summed E-state index contributed by atoms with van der Waals surface area (Å²) in [7, 11) is 0. The van der Waals surface area contributed by atoms with E-state index < -0.39 is 0 Å². The highest BCUT2D eigenvalue weighted by Crippen LogP contribution is 2.35. The van der Waals surface area contributed by atoms with Crippen molar-refractivity contribution in [3.8, 4) is 0 Å². The van der Waals surface area contributed by atoms with E-state index in [1.165, 1.54) is 24.8 Å². The van der Waals surface area contributed by atoms with Crippen molar-refractivity contribution < 1.29 is 0 Å². The monoisotopic (exact) mass is 282 g/mol. The lowest BCUT2D eigenvalue weighted by Crippen LogP contribution is -2.08. The average molecular weight is 283 g/mol. The van der Waals surface area contributed by atoms with E-state index in [-0.39, 0.29) is 0 Å². The molecule has 0 amide bonds. The highest BCUT2D eigenvalue weighted by molar-refractivity contribution is 9.09. The van der Waals surface area contributed by atoms with Crippen molar-refractivity contribution in [1.82, 2.24) is 0 Å². The summed E-state index contributed by atoms with van der Waals surface area (Å²) in [6, 6.07) is 10.7. The first-order chi connectivity index (χ1) is 7.65. The summed E-state index contributed by atoms with van der Waals surface area (Å²) in [6.07, 6.45) is 3.95. The van der Waals surface area contributed by atoms with Crippen LogP contribution in [0.2, 0.25) is 0 Å². The molecule has 0 radical (unpaired) electrons. The van der Waals surface area contributed by atoms with Crippen molar-refractivity contribution >= 4 is 15.9 Å². The Morgan fingerprint density at radius 1 is 1.12 bits per heavy atom. The SMILES string of the molecule is CCCC(C)CC(C)C(Br)c1ccccc1. The van der Waals surface area contributed by atoms with E-state index in [1.54, 1.807) is 0 Å². The van der Waals surface area contributed by atoms with E-state index in [0.29, 0.717) is 10.7 Å². The second-order valence-corrected chi connectivity index (χ2v) is 5.91. The zero-order valence-corrected chi connectivity index (χ0v) is 12.2. The fraction of sp³-hybridized carbons (Fsp3) is 0.600. The molecule has 0 bridgehead atoms. The Morgan fingerprint density at radius 2 is 1.75 bits per heavy atom. The molecule has 0 heterocycles. The molecule has 0 aliphatic rings. The molecule has 1 rings (SSSR count). The molecule has 0 fully saturated rings. The topological polar surface area (TPSA) is 0 Å². The molecule has 0 N–H and O–H groups in total. The van der Waals surface area contributed by atoms with Crippen LogP contribution in [0, 0.1) is 11.8 Å². The van der Waals surface area contributed by atoms with Gasteiger partial charge in [0.2, 0.25) is 0 Å². The third-order valence-electron chi connectivity index (χ3n) is 3.17. The fourth-order valence-electron chi connectivity index (χ4n) is 2.33. The number of rotatable bonds is 6. The summed E-state index contributed by atoms with van der Waals surface area (Å²) < 4.78 is 0. The molecule has 0 spiro atoms. The Hall–Kier alpha value is -0.300. The highest BCUT2D eigenvalue weighted by atomic mass is 79.9. The van der Waals surface area contributed by atoms with Gasteiger partial charge in [0.25, 0.3) is 0 Å². The average Bonchev–Trinajstić information content (AvgIpc) is 2.29. The first-order valence-electron chi connectivity index (χ1n) is 6.34. The molecule has 0 saturated heterocycles. The Bertz CT molecular complexity index is 281. The maximum absolute atomic E-state index is 3.83. The van der Waals surface area contributed by atoms with Gasteiger partial charge in [-0.3, -0.25) is 0 Å². The molecule has 0 nitrogen and oxygen atoms in total. The summed E-state index contributed by atoms with van der Waals surface area (Å²) in [6.45, 7) is 6.98. The third kappa shape index (κ3) is 4.29. The van der Waals surface area contributed by atoms with E-state index in [0.717, 1.165) is 5.92 Å². The summed E-state index contributed by atoms with van der Waals surface area (Å²) in [5.41, 5.74) is 1.40. The van der Waals surface area contributed by atoms with Crippen LogP contribution in [0.4, 0.5) is 0 Å². The van der Waals surface area contributed by atoms with Crippen LogP contribution in [-0.2, 0) is 0 Å². The van der Waals surface area contributed by atoms with Crippen molar-refractivity contribution in [3.05, 3.63) is 35.9 Å². The molecule has 0 saturated carbocycles. The van der Waals surface area contributed by atoms with Crippen LogP contribution in [0.15, 0.2) is 30.3 Å². The predicted molar refractivity (Wildman–Crippen MR) is 76.0 cm³/mol. The van der Waals surface area contributed by atoms with Gasteiger partial charge in [0.1, 0.15) is 0 Å². The molecule has 3 unspecified atom stereocenters. The minimum Gasteiger partial charge on any atom is -0.0836 e. The van der Waals surface area contributed by atoms with Gasteiger partial charge in [-0.25, -0.2) is 0 Å². The molecule has 1 aromatic rings. The summed E-state index contributed by atoms with van der Waals surface area (Å²) >= 11 is 3.83. The molecule has 1 aromatic carbocycles. The molecule has 0 aliphatic carbocycles. The smallest absolute Gasteiger partial charge is 0.0420 e.